The summed E-state index contributed by atoms with van der Waals surface area (Å²) in [5, 5.41) is 0. The number of morpholine rings is 1. The lowest BCUT2D eigenvalue weighted by atomic mass is 10.0. The van der Waals surface area contributed by atoms with Crippen molar-refractivity contribution in [1.29, 1.82) is 0 Å². The Morgan fingerprint density at radius 3 is 3.12 bits per heavy atom. The average molecular weight is 328 g/mol. The van der Waals surface area contributed by atoms with Gasteiger partial charge in [0.2, 0.25) is 5.91 Å². The van der Waals surface area contributed by atoms with E-state index >= 15 is 0 Å². The summed E-state index contributed by atoms with van der Waals surface area (Å²) in [4.78, 5) is 18.9. The highest BCUT2D eigenvalue weighted by Crippen LogP contribution is 2.34. The minimum Gasteiger partial charge on any atom is -0.486 e. The number of hydrogen-bond donors (Lipinski definition) is 0. The van der Waals surface area contributed by atoms with Gasteiger partial charge in [-0.15, -0.1) is 0 Å². The summed E-state index contributed by atoms with van der Waals surface area (Å²) in [5.41, 5.74) is 0. The molecule has 3 aliphatic rings. The molecule has 4 rings (SSSR count). The molecule has 0 bridgehead atoms. The molecular formula is C19H24N2O3. The number of nitrogens with zero attached hydrogens (tertiary/aromatic N) is 2. The smallest absolute Gasteiger partial charge is 0.223 e. The van der Waals surface area contributed by atoms with Crippen LogP contribution < -0.4 is 4.74 Å². The van der Waals surface area contributed by atoms with E-state index in [1.807, 2.05) is 17.0 Å². The van der Waals surface area contributed by atoms with Gasteiger partial charge in [-0.3, -0.25) is 9.78 Å². The lowest BCUT2D eigenvalue weighted by molar-refractivity contribution is -0.148. The number of fused-ring (bicyclic) bond motifs is 1. The number of ether oxygens (including phenoxy) is 2. The van der Waals surface area contributed by atoms with Crippen molar-refractivity contribution in [2.24, 2.45) is 5.92 Å². The molecule has 1 aromatic heterocycles. The Morgan fingerprint density at radius 1 is 1.38 bits per heavy atom. The number of allylic oxidation sites excluding steroid dienone is 2. The maximum Gasteiger partial charge on any atom is 0.223 e. The van der Waals surface area contributed by atoms with Crippen molar-refractivity contribution in [2.75, 3.05) is 13.2 Å². The largest absolute Gasteiger partial charge is 0.486 e. The molecule has 1 saturated carbocycles. The zero-order valence-corrected chi connectivity index (χ0v) is 13.8. The van der Waals surface area contributed by atoms with Gasteiger partial charge in [-0.05, 0) is 43.7 Å². The van der Waals surface area contributed by atoms with E-state index in [1.54, 1.807) is 12.4 Å². The first-order chi connectivity index (χ1) is 11.8. The van der Waals surface area contributed by atoms with E-state index in [2.05, 4.69) is 17.1 Å². The van der Waals surface area contributed by atoms with Crippen LogP contribution in [0.4, 0.5) is 0 Å². The Bertz CT molecular complexity index is 604. The highest BCUT2D eigenvalue weighted by atomic mass is 16.5. The predicted molar refractivity (Wildman–Crippen MR) is 89.6 cm³/mol. The zero-order valence-electron chi connectivity index (χ0n) is 13.8. The standard InChI is InChI=1S/C19H24N2O3/c22-18(12-14-4-1-2-5-14)21-10-11-23-19-16(21)7-8-17(19)24-15-6-3-9-20-13-15/h1,3-4,6,9,13-14,16-17,19H,2,5,7-8,10-12H2/t14?,16-,17+,19+/m0/s1. The molecule has 1 aliphatic heterocycles. The molecule has 0 N–H and O–H groups in total. The fourth-order valence-electron chi connectivity index (χ4n) is 4.15. The summed E-state index contributed by atoms with van der Waals surface area (Å²) < 4.78 is 12.1. The van der Waals surface area contributed by atoms with Gasteiger partial charge in [0.25, 0.3) is 0 Å². The number of carbonyl (C=O) groups excluding carboxylic acids is 1. The minimum atomic E-state index is -0.0259. The predicted octanol–water partition coefficient (Wildman–Crippen LogP) is 2.58. The molecule has 1 aromatic rings. The molecule has 2 fully saturated rings. The third-order valence-corrected chi connectivity index (χ3v) is 5.33. The van der Waals surface area contributed by atoms with Gasteiger partial charge in [-0.1, -0.05) is 12.2 Å². The van der Waals surface area contributed by atoms with Crippen LogP contribution in [-0.2, 0) is 9.53 Å². The SMILES string of the molecule is O=C(CC1C=CCC1)N1CCO[C@H]2[C@H](Oc3cccnc3)CC[C@@H]21. The molecule has 4 atom stereocenters. The lowest BCUT2D eigenvalue weighted by Crippen LogP contribution is -2.54. The molecule has 128 valence electrons. The molecule has 2 heterocycles. The Hall–Kier alpha value is -1.88. The number of amides is 1. The van der Waals surface area contributed by atoms with Crippen LogP contribution in [0.5, 0.6) is 5.75 Å². The van der Waals surface area contributed by atoms with Gasteiger partial charge >= 0.3 is 0 Å². The van der Waals surface area contributed by atoms with Gasteiger partial charge in [0.1, 0.15) is 18.0 Å². The third kappa shape index (κ3) is 3.18. The zero-order chi connectivity index (χ0) is 16.4. The lowest BCUT2D eigenvalue weighted by Gasteiger charge is -2.39. The molecular weight excluding hydrogens is 304 g/mol. The molecule has 1 saturated heterocycles. The molecule has 0 spiro atoms. The van der Waals surface area contributed by atoms with Gasteiger partial charge in [0.15, 0.2) is 0 Å². The van der Waals surface area contributed by atoms with Crippen molar-refractivity contribution in [3.05, 3.63) is 36.7 Å². The van der Waals surface area contributed by atoms with Gasteiger partial charge in [0.05, 0.1) is 18.8 Å². The van der Waals surface area contributed by atoms with Crippen LogP contribution in [0.2, 0.25) is 0 Å². The molecule has 24 heavy (non-hydrogen) atoms. The monoisotopic (exact) mass is 328 g/mol. The number of hydrogen-bond acceptors (Lipinski definition) is 4. The van der Waals surface area contributed by atoms with Crippen molar-refractivity contribution in [3.63, 3.8) is 0 Å². The van der Waals surface area contributed by atoms with Crippen LogP contribution >= 0.6 is 0 Å². The number of carbonyl (C=O) groups is 1. The number of rotatable bonds is 4. The summed E-state index contributed by atoms with van der Waals surface area (Å²) >= 11 is 0. The third-order valence-electron chi connectivity index (χ3n) is 5.33. The van der Waals surface area contributed by atoms with Crippen LogP contribution in [0, 0.1) is 5.92 Å². The Kier molecular flexibility index (Phi) is 4.52. The highest BCUT2D eigenvalue weighted by molar-refractivity contribution is 5.77. The van der Waals surface area contributed by atoms with E-state index in [9.17, 15) is 4.79 Å². The second-order valence-corrected chi connectivity index (χ2v) is 6.88. The molecule has 0 radical (unpaired) electrons. The first kappa shape index (κ1) is 15.6. The van der Waals surface area contributed by atoms with Crippen molar-refractivity contribution in [1.82, 2.24) is 9.88 Å². The second-order valence-electron chi connectivity index (χ2n) is 6.88. The number of aromatic nitrogens is 1. The van der Waals surface area contributed by atoms with Crippen LogP contribution in [0.3, 0.4) is 0 Å². The van der Waals surface area contributed by atoms with Crippen molar-refractivity contribution in [2.45, 2.75) is 50.4 Å². The first-order valence-electron chi connectivity index (χ1n) is 8.95. The Morgan fingerprint density at radius 2 is 2.33 bits per heavy atom. The fraction of sp³-hybridized carbons (Fsp3) is 0.579. The molecule has 5 nitrogen and oxygen atoms in total. The molecule has 1 amide bonds. The highest BCUT2D eigenvalue weighted by Gasteiger charge is 2.45. The quantitative estimate of drug-likeness (QED) is 0.797. The van der Waals surface area contributed by atoms with E-state index in [-0.39, 0.29) is 24.2 Å². The topological polar surface area (TPSA) is 51.7 Å². The maximum absolute atomic E-state index is 12.7. The van der Waals surface area contributed by atoms with Crippen LogP contribution in [0.25, 0.3) is 0 Å². The van der Waals surface area contributed by atoms with E-state index in [0.717, 1.165) is 31.4 Å². The van der Waals surface area contributed by atoms with E-state index in [1.165, 1.54) is 0 Å². The second kappa shape index (κ2) is 6.93. The molecule has 2 aliphatic carbocycles. The van der Waals surface area contributed by atoms with Crippen molar-refractivity contribution >= 4 is 5.91 Å². The molecule has 0 aromatic carbocycles. The van der Waals surface area contributed by atoms with Crippen molar-refractivity contribution < 1.29 is 14.3 Å². The van der Waals surface area contributed by atoms with Gasteiger partial charge in [-0.25, -0.2) is 0 Å². The van der Waals surface area contributed by atoms with E-state index in [4.69, 9.17) is 9.47 Å². The van der Waals surface area contributed by atoms with Crippen LogP contribution in [0.15, 0.2) is 36.7 Å². The fourth-order valence-corrected chi connectivity index (χ4v) is 4.15. The maximum atomic E-state index is 12.7. The van der Waals surface area contributed by atoms with Gasteiger partial charge in [-0.2, -0.15) is 0 Å². The number of pyridine rings is 1. The van der Waals surface area contributed by atoms with Crippen LogP contribution in [-0.4, -0.2) is 47.2 Å². The van der Waals surface area contributed by atoms with E-state index < -0.39 is 0 Å². The molecule has 1 unspecified atom stereocenters. The first-order valence-corrected chi connectivity index (χ1v) is 8.95. The molecule has 5 heteroatoms. The summed E-state index contributed by atoms with van der Waals surface area (Å²) in [5.74, 6) is 1.46. The Balaban J connectivity index is 1.40. The van der Waals surface area contributed by atoms with Gasteiger partial charge in [0, 0.05) is 19.2 Å². The normalized spacial score (nSPS) is 31.9. The van der Waals surface area contributed by atoms with E-state index in [0.29, 0.717) is 25.5 Å². The van der Waals surface area contributed by atoms with Crippen LogP contribution in [0.1, 0.15) is 32.1 Å². The minimum absolute atomic E-state index is 0.00109. The average Bonchev–Trinajstić information content (AvgIpc) is 3.26. The van der Waals surface area contributed by atoms with Crippen molar-refractivity contribution in [3.8, 4) is 5.75 Å². The summed E-state index contributed by atoms with van der Waals surface area (Å²) in [6.45, 7) is 1.30. The Labute approximate surface area is 142 Å². The summed E-state index contributed by atoms with van der Waals surface area (Å²) in [6.07, 6.45) is 12.5. The van der Waals surface area contributed by atoms with Gasteiger partial charge < -0.3 is 14.4 Å². The summed E-state index contributed by atoms with van der Waals surface area (Å²) in [6, 6.07) is 3.94. The summed E-state index contributed by atoms with van der Waals surface area (Å²) in [7, 11) is 0.